The molecule has 1 heterocycles. The normalized spacial score (nSPS) is 10.5. The molecule has 1 aromatic carbocycles. The fourth-order valence-corrected chi connectivity index (χ4v) is 2.24. The Kier molecular flexibility index (Phi) is 5.06. The monoisotopic (exact) mass is 303 g/mol. The zero-order valence-electron chi connectivity index (χ0n) is 12.3. The molecular formula is C16H18FN3O2. The number of nitrogen functional groups attached to an aromatic ring is 1. The van der Waals surface area contributed by atoms with Gasteiger partial charge in [-0.3, -0.25) is 15.0 Å². The summed E-state index contributed by atoms with van der Waals surface area (Å²) in [5.41, 5.74) is 2.92. The lowest BCUT2D eigenvalue weighted by Crippen LogP contribution is -2.37. The van der Waals surface area contributed by atoms with Gasteiger partial charge in [0.05, 0.1) is 5.69 Å². The average Bonchev–Trinajstić information content (AvgIpc) is 2.53. The molecule has 0 aliphatic heterocycles. The number of aromatic nitrogens is 1. The van der Waals surface area contributed by atoms with E-state index in [0.717, 1.165) is 12.8 Å². The highest BCUT2D eigenvalue weighted by atomic mass is 19.1. The molecule has 0 unspecified atom stereocenters. The van der Waals surface area contributed by atoms with Crippen LogP contribution in [0.2, 0.25) is 0 Å². The molecule has 0 radical (unpaired) electrons. The smallest absolute Gasteiger partial charge is 0.270 e. The molecule has 0 atom stereocenters. The number of halogens is 1. The minimum absolute atomic E-state index is 0.00975. The summed E-state index contributed by atoms with van der Waals surface area (Å²) in [6.45, 7) is 2.49. The van der Waals surface area contributed by atoms with E-state index in [1.807, 2.05) is 12.3 Å². The molecule has 116 valence electrons. The predicted octanol–water partition coefficient (Wildman–Crippen LogP) is 2.06. The van der Waals surface area contributed by atoms with Gasteiger partial charge in [-0.1, -0.05) is 13.3 Å². The van der Waals surface area contributed by atoms with Crippen molar-refractivity contribution in [1.82, 2.24) is 9.99 Å². The number of carbonyl (C=O) groups excluding carboxylic acids is 1. The van der Waals surface area contributed by atoms with Crippen LogP contribution in [0.15, 0.2) is 41.2 Å². The van der Waals surface area contributed by atoms with Crippen LogP contribution < -0.4 is 16.8 Å². The topological polar surface area (TPSA) is 77.1 Å². The van der Waals surface area contributed by atoms with Crippen molar-refractivity contribution in [2.24, 2.45) is 5.84 Å². The fraction of sp³-hybridized carbons (Fsp3) is 0.250. The lowest BCUT2D eigenvalue weighted by atomic mass is 10.1. The number of pyridine rings is 1. The van der Waals surface area contributed by atoms with E-state index < -0.39 is 11.5 Å². The molecule has 6 heteroatoms. The number of benzene rings is 1. The van der Waals surface area contributed by atoms with Gasteiger partial charge in [-0.05, 0) is 48.4 Å². The van der Waals surface area contributed by atoms with Crippen molar-refractivity contribution in [1.29, 1.82) is 0 Å². The number of amides is 1. The van der Waals surface area contributed by atoms with Gasteiger partial charge in [0.2, 0.25) is 0 Å². The Bertz CT molecular complexity index is 723. The largest absolute Gasteiger partial charge is 0.308 e. The molecule has 22 heavy (non-hydrogen) atoms. The zero-order valence-corrected chi connectivity index (χ0v) is 12.3. The number of unbranched alkanes of at least 4 members (excludes halogenated alkanes) is 1. The molecule has 0 aliphatic rings. The van der Waals surface area contributed by atoms with Gasteiger partial charge in [-0.15, -0.1) is 0 Å². The maximum Gasteiger partial charge on any atom is 0.270 e. The summed E-state index contributed by atoms with van der Waals surface area (Å²) in [5.74, 6) is 4.13. The third-order valence-electron chi connectivity index (χ3n) is 3.43. The first-order valence-electron chi connectivity index (χ1n) is 7.09. The van der Waals surface area contributed by atoms with E-state index >= 15 is 0 Å². The zero-order chi connectivity index (χ0) is 16.1. The quantitative estimate of drug-likeness (QED) is 0.504. The van der Waals surface area contributed by atoms with Gasteiger partial charge in [-0.2, -0.15) is 0 Å². The Morgan fingerprint density at radius 3 is 2.50 bits per heavy atom. The SMILES string of the molecule is CCCCn1c(-c2ccc(F)cc2)ccc(C(=O)NN)c1=O. The van der Waals surface area contributed by atoms with E-state index in [4.69, 9.17) is 5.84 Å². The average molecular weight is 303 g/mol. The van der Waals surface area contributed by atoms with E-state index in [0.29, 0.717) is 17.8 Å². The third-order valence-corrected chi connectivity index (χ3v) is 3.43. The molecule has 1 amide bonds. The molecule has 0 saturated carbocycles. The van der Waals surface area contributed by atoms with Crippen molar-refractivity contribution >= 4 is 5.91 Å². The van der Waals surface area contributed by atoms with Crippen molar-refractivity contribution in [2.45, 2.75) is 26.3 Å². The van der Waals surface area contributed by atoms with Gasteiger partial charge >= 0.3 is 0 Å². The first-order valence-corrected chi connectivity index (χ1v) is 7.09. The first kappa shape index (κ1) is 15.9. The summed E-state index contributed by atoms with van der Waals surface area (Å²) >= 11 is 0. The van der Waals surface area contributed by atoms with Crippen molar-refractivity contribution in [3.63, 3.8) is 0 Å². The van der Waals surface area contributed by atoms with Crippen molar-refractivity contribution in [3.05, 3.63) is 58.1 Å². The molecular weight excluding hydrogens is 285 g/mol. The highest BCUT2D eigenvalue weighted by Gasteiger charge is 2.15. The molecule has 0 spiro atoms. The van der Waals surface area contributed by atoms with E-state index in [9.17, 15) is 14.0 Å². The Labute approximate surface area is 127 Å². The highest BCUT2D eigenvalue weighted by molar-refractivity contribution is 5.93. The third kappa shape index (κ3) is 3.23. The second-order valence-electron chi connectivity index (χ2n) is 4.92. The van der Waals surface area contributed by atoms with Gasteiger partial charge in [0, 0.05) is 6.54 Å². The molecule has 2 aromatic rings. The molecule has 2 rings (SSSR count). The number of nitrogens with one attached hydrogen (secondary N) is 1. The molecule has 0 saturated heterocycles. The van der Waals surface area contributed by atoms with Gasteiger partial charge in [-0.25, -0.2) is 10.2 Å². The van der Waals surface area contributed by atoms with Gasteiger partial charge in [0.25, 0.3) is 11.5 Å². The van der Waals surface area contributed by atoms with Crippen LogP contribution in [0.5, 0.6) is 0 Å². The Morgan fingerprint density at radius 2 is 1.91 bits per heavy atom. The maximum atomic E-state index is 13.1. The highest BCUT2D eigenvalue weighted by Crippen LogP contribution is 2.19. The van der Waals surface area contributed by atoms with Crippen LogP contribution in [-0.2, 0) is 6.54 Å². The summed E-state index contributed by atoms with van der Waals surface area (Å²) < 4.78 is 14.6. The van der Waals surface area contributed by atoms with Crippen LogP contribution in [0.1, 0.15) is 30.1 Å². The van der Waals surface area contributed by atoms with E-state index in [-0.39, 0.29) is 11.4 Å². The Balaban J connectivity index is 2.58. The first-order chi connectivity index (χ1) is 10.6. The number of hydrogen-bond acceptors (Lipinski definition) is 3. The Hall–Kier alpha value is -2.47. The van der Waals surface area contributed by atoms with Gasteiger partial charge in [0.15, 0.2) is 0 Å². The van der Waals surface area contributed by atoms with Gasteiger partial charge < -0.3 is 4.57 Å². The van der Waals surface area contributed by atoms with Crippen molar-refractivity contribution < 1.29 is 9.18 Å². The molecule has 3 N–H and O–H groups in total. The minimum atomic E-state index is -0.624. The van der Waals surface area contributed by atoms with E-state index in [2.05, 4.69) is 0 Å². The number of nitrogens with two attached hydrogens (primary N) is 1. The summed E-state index contributed by atoms with van der Waals surface area (Å²) in [6.07, 6.45) is 1.70. The number of rotatable bonds is 5. The maximum absolute atomic E-state index is 13.1. The Morgan fingerprint density at radius 1 is 1.23 bits per heavy atom. The number of hydrazine groups is 1. The molecule has 1 aromatic heterocycles. The number of nitrogens with zero attached hydrogens (tertiary/aromatic N) is 1. The molecule has 0 aliphatic carbocycles. The number of hydrogen-bond donors (Lipinski definition) is 2. The molecule has 0 bridgehead atoms. The van der Waals surface area contributed by atoms with Crippen LogP contribution in [-0.4, -0.2) is 10.5 Å². The van der Waals surface area contributed by atoms with Crippen molar-refractivity contribution in [3.8, 4) is 11.3 Å². The fourth-order valence-electron chi connectivity index (χ4n) is 2.24. The minimum Gasteiger partial charge on any atom is -0.308 e. The van der Waals surface area contributed by atoms with Crippen LogP contribution in [0.4, 0.5) is 4.39 Å². The summed E-state index contributed by atoms with van der Waals surface area (Å²) in [4.78, 5) is 24.2. The summed E-state index contributed by atoms with van der Waals surface area (Å²) in [6, 6.07) is 9.00. The summed E-state index contributed by atoms with van der Waals surface area (Å²) in [5, 5.41) is 0. The lowest BCUT2D eigenvalue weighted by molar-refractivity contribution is 0.0951. The lowest BCUT2D eigenvalue weighted by Gasteiger charge is -2.14. The van der Waals surface area contributed by atoms with Crippen LogP contribution in [0, 0.1) is 5.82 Å². The second-order valence-corrected chi connectivity index (χ2v) is 4.92. The molecule has 5 nitrogen and oxygen atoms in total. The summed E-state index contributed by atoms with van der Waals surface area (Å²) in [7, 11) is 0. The van der Waals surface area contributed by atoms with Crippen LogP contribution in [0.3, 0.4) is 0 Å². The predicted molar refractivity (Wildman–Crippen MR) is 82.7 cm³/mol. The second kappa shape index (κ2) is 7.00. The van der Waals surface area contributed by atoms with Crippen LogP contribution >= 0.6 is 0 Å². The van der Waals surface area contributed by atoms with E-state index in [1.165, 1.54) is 22.8 Å². The van der Waals surface area contributed by atoms with Gasteiger partial charge in [0.1, 0.15) is 11.4 Å². The van der Waals surface area contributed by atoms with E-state index in [1.54, 1.807) is 18.2 Å². The molecule has 0 fully saturated rings. The standard InChI is InChI=1S/C16H18FN3O2/c1-2-3-10-20-14(11-4-6-12(17)7-5-11)9-8-13(16(20)22)15(21)19-18/h4-9H,2-3,10,18H2,1H3,(H,19,21). The van der Waals surface area contributed by atoms with Crippen molar-refractivity contribution in [2.75, 3.05) is 0 Å². The number of carbonyl (C=O) groups is 1. The van der Waals surface area contributed by atoms with Crippen LogP contribution in [0.25, 0.3) is 11.3 Å².